The van der Waals surface area contributed by atoms with Crippen LogP contribution in [0.4, 0.5) is 0 Å². The lowest BCUT2D eigenvalue weighted by atomic mass is 10.2. The molecule has 0 saturated heterocycles. The molecule has 4 nitrogen and oxygen atoms in total. The third-order valence-electron chi connectivity index (χ3n) is 3.87. The van der Waals surface area contributed by atoms with E-state index in [4.69, 9.17) is 4.74 Å². The molecule has 1 fully saturated rings. The Balaban J connectivity index is 1.58. The van der Waals surface area contributed by atoms with Crippen LogP contribution in [-0.4, -0.2) is 21.8 Å². The van der Waals surface area contributed by atoms with Crippen molar-refractivity contribution in [3.63, 3.8) is 0 Å². The van der Waals surface area contributed by atoms with Gasteiger partial charge in [0.25, 0.3) is 0 Å². The molecule has 5 heteroatoms. The fourth-order valence-electron chi connectivity index (χ4n) is 2.40. The summed E-state index contributed by atoms with van der Waals surface area (Å²) in [6.07, 6.45) is 2.07. The SMILES string of the molecule is CC(C)N(Cc1csc(COc2ccccc2)n1)C(=O)C1CC1. The number of carbonyl (C=O) groups excluding carboxylic acids is 1. The first-order valence-electron chi connectivity index (χ1n) is 8.05. The van der Waals surface area contributed by atoms with Crippen molar-refractivity contribution in [1.29, 1.82) is 0 Å². The molecule has 1 amide bonds. The van der Waals surface area contributed by atoms with Crippen LogP contribution >= 0.6 is 11.3 Å². The Morgan fingerprint density at radius 3 is 2.74 bits per heavy atom. The minimum absolute atomic E-state index is 0.203. The van der Waals surface area contributed by atoms with Crippen molar-refractivity contribution in [3.8, 4) is 5.75 Å². The number of para-hydroxylation sites is 1. The summed E-state index contributed by atoms with van der Waals surface area (Å²) in [6.45, 7) is 5.18. The van der Waals surface area contributed by atoms with Gasteiger partial charge in [-0.05, 0) is 38.8 Å². The molecular weight excluding hydrogens is 308 g/mol. The van der Waals surface area contributed by atoms with Gasteiger partial charge in [0.15, 0.2) is 0 Å². The highest BCUT2D eigenvalue weighted by Gasteiger charge is 2.34. The van der Waals surface area contributed by atoms with Crippen LogP contribution in [0.5, 0.6) is 5.75 Å². The second-order valence-electron chi connectivity index (χ2n) is 6.17. The molecule has 1 saturated carbocycles. The number of amides is 1. The monoisotopic (exact) mass is 330 g/mol. The van der Waals surface area contributed by atoms with E-state index in [-0.39, 0.29) is 17.9 Å². The number of nitrogens with zero attached hydrogens (tertiary/aromatic N) is 2. The Morgan fingerprint density at radius 1 is 1.35 bits per heavy atom. The van der Waals surface area contributed by atoms with Crippen LogP contribution in [-0.2, 0) is 17.9 Å². The van der Waals surface area contributed by atoms with Gasteiger partial charge in [0, 0.05) is 17.3 Å². The largest absolute Gasteiger partial charge is 0.486 e. The normalized spacial score (nSPS) is 14.0. The van der Waals surface area contributed by atoms with Gasteiger partial charge in [-0.25, -0.2) is 4.98 Å². The Labute approximate surface area is 141 Å². The second-order valence-corrected chi connectivity index (χ2v) is 7.11. The van der Waals surface area contributed by atoms with Gasteiger partial charge in [0.05, 0.1) is 12.2 Å². The number of rotatable bonds is 7. The first-order valence-corrected chi connectivity index (χ1v) is 8.93. The Kier molecular flexibility index (Phi) is 4.96. The van der Waals surface area contributed by atoms with Crippen LogP contribution in [0.2, 0.25) is 0 Å². The van der Waals surface area contributed by atoms with Crippen molar-refractivity contribution in [1.82, 2.24) is 9.88 Å². The van der Waals surface area contributed by atoms with Crippen molar-refractivity contribution in [2.24, 2.45) is 5.92 Å². The number of hydrogen-bond donors (Lipinski definition) is 0. The van der Waals surface area contributed by atoms with E-state index in [9.17, 15) is 4.79 Å². The van der Waals surface area contributed by atoms with Gasteiger partial charge in [0.1, 0.15) is 17.4 Å². The number of thiazole rings is 1. The fourth-order valence-corrected chi connectivity index (χ4v) is 3.10. The van der Waals surface area contributed by atoms with Gasteiger partial charge in [-0.2, -0.15) is 0 Å². The zero-order valence-electron chi connectivity index (χ0n) is 13.6. The first-order chi connectivity index (χ1) is 11.1. The molecule has 23 heavy (non-hydrogen) atoms. The lowest BCUT2D eigenvalue weighted by Gasteiger charge is -2.26. The predicted molar refractivity (Wildman–Crippen MR) is 91.3 cm³/mol. The molecule has 0 unspecified atom stereocenters. The second kappa shape index (κ2) is 7.13. The summed E-state index contributed by atoms with van der Waals surface area (Å²) in [5, 5.41) is 2.96. The standard InChI is InChI=1S/C18H22N2O2S/c1-13(2)20(18(21)14-8-9-14)10-15-12-23-17(19-15)11-22-16-6-4-3-5-7-16/h3-7,12-14H,8-11H2,1-2H3. The van der Waals surface area contributed by atoms with E-state index in [1.54, 1.807) is 11.3 Å². The van der Waals surface area contributed by atoms with E-state index in [0.717, 1.165) is 29.3 Å². The summed E-state index contributed by atoms with van der Waals surface area (Å²) in [7, 11) is 0. The number of ether oxygens (including phenoxy) is 1. The molecule has 1 aromatic carbocycles. The molecule has 0 spiro atoms. The van der Waals surface area contributed by atoms with E-state index < -0.39 is 0 Å². The van der Waals surface area contributed by atoms with Gasteiger partial charge >= 0.3 is 0 Å². The summed E-state index contributed by atoms with van der Waals surface area (Å²) in [4.78, 5) is 18.9. The lowest BCUT2D eigenvalue weighted by molar-refractivity contribution is -0.135. The quantitative estimate of drug-likeness (QED) is 0.774. The molecule has 1 aliphatic carbocycles. The lowest BCUT2D eigenvalue weighted by Crippen LogP contribution is -2.37. The molecule has 1 aromatic heterocycles. The number of benzene rings is 1. The molecule has 0 aliphatic heterocycles. The van der Waals surface area contributed by atoms with Crippen LogP contribution in [0, 0.1) is 5.92 Å². The van der Waals surface area contributed by atoms with E-state index in [0.29, 0.717) is 13.2 Å². The minimum Gasteiger partial charge on any atom is -0.486 e. The average Bonchev–Trinajstić information content (AvgIpc) is 3.31. The number of hydrogen-bond acceptors (Lipinski definition) is 4. The molecule has 3 rings (SSSR count). The summed E-state index contributed by atoms with van der Waals surface area (Å²) >= 11 is 1.58. The molecule has 0 atom stereocenters. The van der Waals surface area contributed by atoms with Crippen molar-refractivity contribution in [2.45, 2.75) is 45.9 Å². The summed E-state index contributed by atoms with van der Waals surface area (Å²) < 4.78 is 5.72. The maximum atomic E-state index is 12.3. The average molecular weight is 330 g/mol. The molecule has 0 bridgehead atoms. The van der Waals surface area contributed by atoms with Crippen LogP contribution < -0.4 is 4.74 Å². The van der Waals surface area contributed by atoms with Crippen LogP contribution in [0.15, 0.2) is 35.7 Å². The van der Waals surface area contributed by atoms with E-state index in [2.05, 4.69) is 18.8 Å². The summed E-state index contributed by atoms with van der Waals surface area (Å²) in [6, 6.07) is 9.94. The third kappa shape index (κ3) is 4.32. The van der Waals surface area contributed by atoms with E-state index in [1.807, 2.05) is 40.6 Å². The van der Waals surface area contributed by atoms with Gasteiger partial charge in [-0.15, -0.1) is 11.3 Å². The third-order valence-corrected chi connectivity index (χ3v) is 4.74. The highest BCUT2D eigenvalue weighted by Crippen LogP contribution is 2.32. The van der Waals surface area contributed by atoms with Crippen LogP contribution in [0.25, 0.3) is 0 Å². The molecule has 1 aliphatic rings. The molecule has 2 aromatic rings. The first kappa shape index (κ1) is 16.0. The van der Waals surface area contributed by atoms with E-state index in [1.165, 1.54) is 0 Å². The zero-order chi connectivity index (χ0) is 16.2. The van der Waals surface area contributed by atoms with Crippen LogP contribution in [0.3, 0.4) is 0 Å². The number of carbonyl (C=O) groups is 1. The van der Waals surface area contributed by atoms with Gasteiger partial charge in [0.2, 0.25) is 5.91 Å². The molecular formula is C18H22N2O2S. The topological polar surface area (TPSA) is 42.4 Å². The number of aromatic nitrogens is 1. The summed E-state index contributed by atoms with van der Waals surface area (Å²) in [5.41, 5.74) is 0.948. The van der Waals surface area contributed by atoms with Gasteiger partial charge in [-0.3, -0.25) is 4.79 Å². The Bertz CT molecular complexity index is 650. The maximum absolute atomic E-state index is 12.3. The van der Waals surface area contributed by atoms with Gasteiger partial charge in [-0.1, -0.05) is 18.2 Å². The van der Waals surface area contributed by atoms with E-state index >= 15 is 0 Å². The molecule has 0 N–H and O–H groups in total. The zero-order valence-corrected chi connectivity index (χ0v) is 14.4. The highest BCUT2D eigenvalue weighted by atomic mass is 32.1. The molecule has 122 valence electrons. The smallest absolute Gasteiger partial charge is 0.226 e. The maximum Gasteiger partial charge on any atom is 0.226 e. The van der Waals surface area contributed by atoms with Crippen molar-refractivity contribution >= 4 is 17.2 Å². The Hall–Kier alpha value is -1.88. The van der Waals surface area contributed by atoms with Crippen molar-refractivity contribution in [2.75, 3.05) is 0 Å². The molecule has 1 heterocycles. The summed E-state index contributed by atoms with van der Waals surface area (Å²) in [5.74, 6) is 1.36. The molecule has 0 radical (unpaired) electrons. The fraction of sp³-hybridized carbons (Fsp3) is 0.444. The Morgan fingerprint density at radius 2 is 2.09 bits per heavy atom. The van der Waals surface area contributed by atoms with Crippen molar-refractivity contribution < 1.29 is 9.53 Å². The van der Waals surface area contributed by atoms with Gasteiger partial charge < -0.3 is 9.64 Å². The predicted octanol–water partition coefficient (Wildman–Crippen LogP) is 3.87. The minimum atomic E-state index is 0.203. The highest BCUT2D eigenvalue weighted by molar-refractivity contribution is 7.09. The van der Waals surface area contributed by atoms with Crippen LogP contribution in [0.1, 0.15) is 37.4 Å². The van der Waals surface area contributed by atoms with Crippen molar-refractivity contribution in [3.05, 3.63) is 46.4 Å².